The number of hydrogen-bond acceptors (Lipinski definition) is 3. The molecule has 0 bridgehead atoms. The number of halogens is 2. The van der Waals surface area contributed by atoms with Crippen LogP contribution in [0.1, 0.15) is 10.4 Å². The number of nitrogens with one attached hydrogen (secondary N) is 1. The number of sulfonamides is 1. The van der Waals surface area contributed by atoms with Crippen LogP contribution in [-0.4, -0.2) is 19.5 Å². The molecule has 0 aliphatic rings. The van der Waals surface area contributed by atoms with E-state index in [1.54, 1.807) is 12.1 Å². The van der Waals surface area contributed by atoms with Crippen LogP contribution in [0.2, 0.25) is 0 Å². The van der Waals surface area contributed by atoms with Crippen LogP contribution in [0, 0.1) is 0 Å². The zero-order chi connectivity index (χ0) is 15.6. The van der Waals surface area contributed by atoms with E-state index in [-0.39, 0.29) is 16.1 Å². The first-order chi connectivity index (χ1) is 9.79. The minimum Gasteiger partial charge on any atom is -0.478 e. The molecule has 0 spiro atoms. The predicted molar refractivity (Wildman–Crippen MR) is 86.1 cm³/mol. The summed E-state index contributed by atoms with van der Waals surface area (Å²) in [6, 6.07) is 10.3. The predicted octanol–water partition coefficient (Wildman–Crippen LogP) is 3.71. The van der Waals surface area contributed by atoms with Gasteiger partial charge in [0, 0.05) is 14.6 Å². The van der Waals surface area contributed by atoms with Gasteiger partial charge >= 0.3 is 5.97 Å². The average Bonchev–Trinajstić information content (AvgIpc) is 2.41. The highest BCUT2D eigenvalue weighted by atomic mass is 79.9. The van der Waals surface area contributed by atoms with Gasteiger partial charge in [0.25, 0.3) is 10.0 Å². The fourth-order valence-electron chi connectivity index (χ4n) is 1.58. The number of carboxylic acids is 1. The molecule has 0 saturated heterocycles. The van der Waals surface area contributed by atoms with E-state index in [0.29, 0.717) is 4.47 Å². The van der Waals surface area contributed by atoms with Crippen molar-refractivity contribution < 1.29 is 18.3 Å². The molecule has 0 aliphatic carbocycles. The number of rotatable bonds is 4. The summed E-state index contributed by atoms with van der Waals surface area (Å²) in [6.07, 6.45) is 0. The minimum absolute atomic E-state index is 0.0222. The van der Waals surface area contributed by atoms with E-state index in [1.165, 1.54) is 30.3 Å². The van der Waals surface area contributed by atoms with Gasteiger partial charge < -0.3 is 5.11 Å². The number of anilines is 1. The van der Waals surface area contributed by atoms with Crippen molar-refractivity contribution >= 4 is 53.5 Å². The molecule has 110 valence electrons. The maximum absolute atomic E-state index is 12.2. The second kappa shape index (κ2) is 6.17. The quantitative estimate of drug-likeness (QED) is 0.768. The molecule has 2 N–H and O–H groups in total. The lowest BCUT2D eigenvalue weighted by Crippen LogP contribution is -2.13. The molecule has 2 rings (SSSR count). The summed E-state index contributed by atoms with van der Waals surface area (Å²) < 4.78 is 27.9. The van der Waals surface area contributed by atoms with Gasteiger partial charge in [-0.1, -0.05) is 15.9 Å². The SMILES string of the molecule is O=C(O)c1cc(NS(=O)(=O)c2ccc(Br)cc2)ccc1Br. The Hall–Kier alpha value is -1.38. The van der Waals surface area contributed by atoms with Crippen LogP contribution < -0.4 is 4.72 Å². The van der Waals surface area contributed by atoms with Gasteiger partial charge in [-0.15, -0.1) is 0 Å². The molecule has 0 fully saturated rings. The highest BCUT2D eigenvalue weighted by molar-refractivity contribution is 9.10. The fourth-order valence-corrected chi connectivity index (χ4v) is 3.31. The van der Waals surface area contributed by atoms with Gasteiger partial charge in [-0.3, -0.25) is 4.72 Å². The van der Waals surface area contributed by atoms with Crippen molar-refractivity contribution in [2.75, 3.05) is 4.72 Å². The third-order valence-corrected chi connectivity index (χ3v) is 5.19. The first-order valence-electron chi connectivity index (χ1n) is 5.61. The lowest BCUT2D eigenvalue weighted by Gasteiger charge is -2.09. The van der Waals surface area contributed by atoms with Crippen LogP contribution in [0.25, 0.3) is 0 Å². The Morgan fingerprint density at radius 2 is 1.67 bits per heavy atom. The summed E-state index contributed by atoms with van der Waals surface area (Å²) in [7, 11) is -3.76. The number of hydrogen-bond donors (Lipinski definition) is 2. The number of benzene rings is 2. The second-order valence-corrected chi connectivity index (χ2v) is 7.51. The van der Waals surface area contributed by atoms with Gasteiger partial charge in [-0.25, -0.2) is 13.2 Å². The Kier molecular flexibility index (Phi) is 4.70. The fraction of sp³-hybridized carbons (Fsp3) is 0. The van der Waals surface area contributed by atoms with Crippen molar-refractivity contribution in [3.63, 3.8) is 0 Å². The molecule has 0 saturated carbocycles. The Balaban J connectivity index is 2.35. The van der Waals surface area contributed by atoms with Crippen LogP contribution in [0.3, 0.4) is 0 Å². The van der Waals surface area contributed by atoms with Gasteiger partial charge in [0.2, 0.25) is 0 Å². The highest BCUT2D eigenvalue weighted by Gasteiger charge is 2.16. The van der Waals surface area contributed by atoms with E-state index < -0.39 is 16.0 Å². The van der Waals surface area contributed by atoms with Crippen LogP contribution in [0.4, 0.5) is 5.69 Å². The van der Waals surface area contributed by atoms with E-state index in [0.717, 1.165) is 4.47 Å². The van der Waals surface area contributed by atoms with E-state index >= 15 is 0 Å². The highest BCUT2D eigenvalue weighted by Crippen LogP contribution is 2.24. The van der Waals surface area contributed by atoms with Gasteiger partial charge in [0.1, 0.15) is 0 Å². The molecule has 0 aliphatic heterocycles. The summed E-state index contributed by atoms with van der Waals surface area (Å²) in [6.45, 7) is 0. The Morgan fingerprint density at radius 1 is 1.05 bits per heavy atom. The van der Waals surface area contributed by atoms with Crippen molar-refractivity contribution in [2.45, 2.75) is 4.90 Å². The molecule has 0 unspecified atom stereocenters. The summed E-state index contributed by atoms with van der Waals surface area (Å²) in [4.78, 5) is 11.1. The molecule has 0 amide bonds. The topological polar surface area (TPSA) is 83.5 Å². The lowest BCUT2D eigenvalue weighted by molar-refractivity contribution is 0.0696. The zero-order valence-electron chi connectivity index (χ0n) is 10.4. The maximum atomic E-state index is 12.2. The van der Waals surface area contributed by atoms with E-state index in [4.69, 9.17) is 5.11 Å². The monoisotopic (exact) mass is 433 g/mol. The number of aromatic carboxylic acids is 1. The standard InChI is InChI=1S/C13H9Br2NO4S/c14-8-1-4-10(5-2-8)21(19,20)16-9-3-6-12(15)11(7-9)13(17)18/h1-7,16H,(H,17,18). The molecular formula is C13H9Br2NO4S. The maximum Gasteiger partial charge on any atom is 0.336 e. The van der Waals surface area contributed by atoms with Crippen LogP contribution in [0.5, 0.6) is 0 Å². The van der Waals surface area contributed by atoms with Crippen LogP contribution in [-0.2, 0) is 10.0 Å². The third-order valence-electron chi connectivity index (χ3n) is 2.57. The van der Waals surface area contributed by atoms with Crippen molar-refractivity contribution in [2.24, 2.45) is 0 Å². The molecule has 0 heterocycles. The van der Waals surface area contributed by atoms with Gasteiger partial charge in [0.15, 0.2) is 0 Å². The Labute approximate surface area is 138 Å². The molecule has 0 radical (unpaired) electrons. The van der Waals surface area contributed by atoms with Gasteiger partial charge in [-0.05, 0) is 58.4 Å². The van der Waals surface area contributed by atoms with Gasteiger partial charge in [0.05, 0.1) is 10.5 Å². The molecule has 0 atom stereocenters. The smallest absolute Gasteiger partial charge is 0.336 e. The van der Waals surface area contributed by atoms with Crippen molar-refractivity contribution in [3.05, 3.63) is 57.0 Å². The van der Waals surface area contributed by atoms with E-state index in [2.05, 4.69) is 36.6 Å². The normalized spacial score (nSPS) is 11.1. The van der Waals surface area contributed by atoms with Crippen molar-refractivity contribution in [1.82, 2.24) is 0 Å². The Morgan fingerprint density at radius 3 is 2.24 bits per heavy atom. The minimum atomic E-state index is -3.76. The van der Waals surface area contributed by atoms with Crippen LogP contribution in [0.15, 0.2) is 56.3 Å². The largest absolute Gasteiger partial charge is 0.478 e. The second-order valence-electron chi connectivity index (χ2n) is 4.06. The number of carbonyl (C=O) groups is 1. The first-order valence-corrected chi connectivity index (χ1v) is 8.68. The molecule has 8 heteroatoms. The van der Waals surface area contributed by atoms with E-state index in [1.807, 2.05) is 0 Å². The summed E-state index contributed by atoms with van der Waals surface area (Å²) in [5.41, 5.74) is 0.157. The molecule has 5 nitrogen and oxygen atoms in total. The van der Waals surface area contributed by atoms with Gasteiger partial charge in [-0.2, -0.15) is 0 Å². The summed E-state index contributed by atoms with van der Waals surface area (Å²) in [5.74, 6) is -1.15. The molecule has 21 heavy (non-hydrogen) atoms. The first kappa shape index (κ1) is 16.0. The van der Waals surface area contributed by atoms with E-state index in [9.17, 15) is 13.2 Å². The van der Waals surface area contributed by atoms with Crippen LogP contribution >= 0.6 is 31.9 Å². The third kappa shape index (κ3) is 3.84. The zero-order valence-corrected chi connectivity index (χ0v) is 14.4. The summed E-state index contributed by atoms with van der Waals surface area (Å²) in [5, 5.41) is 9.02. The van der Waals surface area contributed by atoms with Crippen molar-refractivity contribution in [3.8, 4) is 0 Å². The average molecular weight is 435 g/mol. The lowest BCUT2D eigenvalue weighted by atomic mass is 10.2. The summed E-state index contributed by atoms with van der Waals surface area (Å²) >= 11 is 6.33. The molecular weight excluding hydrogens is 426 g/mol. The number of carboxylic acid groups (broad SMARTS) is 1. The van der Waals surface area contributed by atoms with Crippen molar-refractivity contribution in [1.29, 1.82) is 0 Å². The molecule has 0 aromatic heterocycles. The Bertz CT molecular complexity index is 788. The molecule has 2 aromatic carbocycles. The molecule has 2 aromatic rings.